The molecule has 1 aliphatic heterocycles. The van der Waals surface area contributed by atoms with Gasteiger partial charge in [0.15, 0.2) is 0 Å². The van der Waals surface area contributed by atoms with Crippen molar-refractivity contribution in [3.8, 4) is 11.5 Å². The van der Waals surface area contributed by atoms with Gasteiger partial charge in [0.2, 0.25) is 0 Å². The van der Waals surface area contributed by atoms with Gasteiger partial charge in [-0.05, 0) is 124 Å². The summed E-state index contributed by atoms with van der Waals surface area (Å²) >= 11 is 3.26. The molecule has 232 valence electrons. The van der Waals surface area contributed by atoms with E-state index in [2.05, 4.69) is 36.0 Å². The molecule has 0 bridgehead atoms. The molecule has 1 heterocycles. The third-order valence-corrected chi connectivity index (χ3v) is 11.8. The molecule has 0 amide bonds. The van der Waals surface area contributed by atoms with Crippen LogP contribution in [0.2, 0.25) is 0 Å². The Kier molecular flexibility index (Phi) is 12.4. The lowest BCUT2D eigenvalue weighted by Gasteiger charge is -2.31. The topological polar surface area (TPSA) is 56.2 Å². The number of hydrogen-bond acceptors (Lipinski definition) is 7. The Morgan fingerprint density at radius 2 is 1.12 bits per heavy atom. The van der Waals surface area contributed by atoms with Crippen LogP contribution in [0, 0.1) is 0 Å². The molecule has 2 fully saturated rings. The maximum Gasteiger partial charge on any atom is 0.130 e. The van der Waals surface area contributed by atoms with E-state index in [1.165, 1.54) is 64.2 Å². The SMILES string of the molecule is CN(CCCSC(O)c1ccc2c(c1)Cc1cc(C(O)SCCCN(C)C3CCCCC3)ccc1O2)C1CCCCC1. The van der Waals surface area contributed by atoms with Crippen LogP contribution in [0.15, 0.2) is 36.4 Å². The van der Waals surface area contributed by atoms with Gasteiger partial charge in [0.1, 0.15) is 22.4 Å². The van der Waals surface area contributed by atoms with Gasteiger partial charge in [-0.15, -0.1) is 23.5 Å². The summed E-state index contributed by atoms with van der Waals surface area (Å²) in [7, 11) is 4.53. The van der Waals surface area contributed by atoms with E-state index >= 15 is 0 Å². The van der Waals surface area contributed by atoms with E-state index in [9.17, 15) is 10.2 Å². The van der Waals surface area contributed by atoms with Gasteiger partial charge in [0.25, 0.3) is 0 Å². The highest BCUT2D eigenvalue weighted by molar-refractivity contribution is 7.99. The summed E-state index contributed by atoms with van der Waals surface area (Å²) in [6, 6.07) is 13.7. The minimum absolute atomic E-state index is 0.529. The molecular weight excluding hydrogens is 561 g/mol. The fourth-order valence-electron chi connectivity index (χ4n) is 6.92. The first-order valence-corrected chi connectivity index (χ1v) is 18.5. The number of nitrogens with zero attached hydrogens (tertiary/aromatic N) is 2. The Bertz CT molecular complexity index is 1030. The highest BCUT2D eigenvalue weighted by Crippen LogP contribution is 2.41. The average molecular weight is 613 g/mol. The molecule has 2 aliphatic carbocycles. The van der Waals surface area contributed by atoms with Gasteiger partial charge in [0, 0.05) is 18.5 Å². The van der Waals surface area contributed by atoms with Gasteiger partial charge in [-0.3, -0.25) is 0 Å². The van der Waals surface area contributed by atoms with Crippen molar-refractivity contribution in [1.82, 2.24) is 9.80 Å². The number of benzene rings is 2. The van der Waals surface area contributed by atoms with Gasteiger partial charge in [-0.2, -0.15) is 0 Å². The molecule has 2 atom stereocenters. The predicted molar refractivity (Wildman–Crippen MR) is 179 cm³/mol. The first-order chi connectivity index (χ1) is 20.5. The van der Waals surface area contributed by atoms with Crippen LogP contribution in [0.5, 0.6) is 11.5 Å². The Morgan fingerprint density at radius 3 is 1.55 bits per heavy atom. The standard InChI is InChI=1S/C35H52N2O3S2/c1-36(30-11-5-3-6-12-30)19-9-21-41-34(38)26-15-17-32-28(23-26)25-29-24-27(16-18-33(29)40-32)35(39)42-22-10-20-37(2)31-13-7-4-8-14-31/h15-18,23-24,30-31,34-35,38-39H,3-14,19-22,25H2,1-2H3. The molecule has 0 spiro atoms. The fraction of sp³-hybridized carbons (Fsp3) is 0.657. The molecular formula is C35H52N2O3S2. The van der Waals surface area contributed by atoms with Crippen LogP contribution >= 0.6 is 23.5 Å². The van der Waals surface area contributed by atoms with Crippen LogP contribution in [0.1, 0.15) is 110 Å². The largest absolute Gasteiger partial charge is 0.457 e. The van der Waals surface area contributed by atoms with Crippen molar-refractivity contribution in [2.75, 3.05) is 38.7 Å². The second kappa shape index (κ2) is 16.2. The smallest absolute Gasteiger partial charge is 0.130 e. The monoisotopic (exact) mass is 612 g/mol. The summed E-state index contributed by atoms with van der Waals surface area (Å²) in [5, 5.41) is 21.9. The molecule has 3 aliphatic rings. The van der Waals surface area contributed by atoms with Crippen molar-refractivity contribution < 1.29 is 14.9 Å². The van der Waals surface area contributed by atoms with Crippen molar-refractivity contribution in [1.29, 1.82) is 0 Å². The van der Waals surface area contributed by atoms with Gasteiger partial charge in [-0.1, -0.05) is 50.7 Å². The maximum atomic E-state index is 10.9. The summed E-state index contributed by atoms with van der Waals surface area (Å²) in [6.07, 6.45) is 16.5. The lowest BCUT2D eigenvalue weighted by molar-refractivity contribution is 0.192. The summed E-state index contributed by atoms with van der Waals surface area (Å²) in [6.45, 7) is 2.20. The summed E-state index contributed by atoms with van der Waals surface area (Å²) in [4.78, 5) is 5.06. The first-order valence-electron chi connectivity index (χ1n) is 16.4. The van der Waals surface area contributed by atoms with Gasteiger partial charge < -0.3 is 24.7 Å². The number of rotatable bonds is 14. The second-order valence-electron chi connectivity index (χ2n) is 12.7. The molecule has 5 nitrogen and oxygen atoms in total. The van der Waals surface area contributed by atoms with Crippen molar-refractivity contribution >= 4 is 23.5 Å². The van der Waals surface area contributed by atoms with E-state index in [1.807, 2.05) is 24.3 Å². The zero-order chi connectivity index (χ0) is 29.3. The normalized spacial score (nSPS) is 19.4. The Morgan fingerprint density at radius 1 is 0.690 bits per heavy atom. The van der Waals surface area contributed by atoms with Crippen LogP contribution in [0.3, 0.4) is 0 Å². The number of aliphatic hydroxyl groups excluding tert-OH is 2. The van der Waals surface area contributed by atoms with Crippen LogP contribution in [0.25, 0.3) is 0 Å². The molecule has 42 heavy (non-hydrogen) atoms. The number of hydrogen-bond donors (Lipinski definition) is 2. The number of ether oxygens (including phenoxy) is 1. The summed E-state index contributed by atoms with van der Waals surface area (Å²) in [5.74, 6) is 3.62. The minimum atomic E-state index is -0.529. The minimum Gasteiger partial charge on any atom is -0.457 e. The lowest BCUT2D eigenvalue weighted by atomic mass is 9.94. The first kappa shape index (κ1) is 32.2. The second-order valence-corrected chi connectivity index (χ2v) is 15.1. The number of thioether (sulfide) groups is 2. The van der Waals surface area contributed by atoms with E-state index in [-0.39, 0.29) is 0 Å². The Labute approximate surface area is 262 Å². The van der Waals surface area contributed by atoms with E-state index < -0.39 is 10.9 Å². The van der Waals surface area contributed by atoms with E-state index in [0.717, 1.165) is 89.7 Å². The van der Waals surface area contributed by atoms with Crippen molar-refractivity contribution in [2.45, 2.75) is 106 Å². The molecule has 2 aromatic rings. The molecule has 2 unspecified atom stereocenters. The van der Waals surface area contributed by atoms with Crippen molar-refractivity contribution in [2.24, 2.45) is 0 Å². The third-order valence-electron chi connectivity index (χ3n) is 9.60. The molecule has 0 radical (unpaired) electrons. The number of aliphatic hydroxyl groups is 2. The zero-order valence-corrected chi connectivity index (χ0v) is 27.4. The predicted octanol–water partition coefficient (Wildman–Crippen LogP) is 8.14. The fourth-order valence-corrected chi connectivity index (χ4v) is 8.64. The van der Waals surface area contributed by atoms with Gasteiger partial charge in [0.05, 0.1) is 0 Å². The molecule has 2 saturated carbocycles. The maximum absolute atomic E-state index is 10.9. The van der Waals surface area contributed by atoms with Crippen LogP contribution in [0.4, 0.5) is 0 Å². The van der Waals surface area contributed by atoms with Crippen LogP contribution in [-0.4, -0.2) is 70.8 Å². The molecule has 5 rings (SSSR count). The average Bonchev–Trinajstić information content (AvgIpc) is 3.03. The zero-order valence-electron chi connectivity index (χ0n) is 25.8. The highest BCUT2D eigenvalue weighted by atomic mass is 32.2. The van der Waals surface area contributed by atoms with Crippen molar-refractivity contribution in [3.63, 3.8) is 0 Å². The van der Waals surface area contributed by atoms with E-state index in [4.69, 9.17) is 4.74 Å². The number of fused-ring (bicyclic) bond motifs is 2. The molecule has 7 heteroatoms. The van der Waals surface area contributed by atoms with Crippen LogP contribution < -0.4 is 4.74 Å². The molecule has 0 saturated heterocycles. The van der Waals surface area contributed by atoms with E-state index in [1.54, 1.807) is 23.5 Å². The summed E-state index contributed by atoms with van der Waals surface area (Å²) in [5.41, 5.74) is 3.02. The van der Waals surface area contributed by atoms with Crippen molar-refractivity contribution in [3.05, 3.63) is 58.7 Å². The summed E-state index contributed by atoms with van der Waals surface area (Å²) < 4.78 is 6.22. The molecule has 2 N–H and O–H groups in total. The third kappa shape index (κ3) is 8.92. The Balaban J connectivity index is 1.07. The lowest BCUT2D eigenvalue weighted by Crippen LogP contribution is -2.34. The van der Waals surface area contributed by atoms with Gasteiger partial charge >= 0.3 is 0 Å². The molecule has 0 aromatic heterocycles. The molecule has 2 aromatic carbocycles. The van der Waals surface area contributed by atoms with Crippen LogP contribution in [-0.2, 0) is 6.42 Å². The Hall–Kier alpha value is -1.22. The van der Waals surface area contributed by atoms with Gasteiger partial charge in [-0.25, -0.2) is 0 Å². The van der Waals surface area contributed by atoms with E-state index in [0.29, 0.717) is 0 Å². The quantitative estimate of drug-likeness (QED) is 0.141. The highest BCUT2D eigenvalue weighted by Gasteiger charge is 2.22.